The molecule has 2 rings (SSSR count). The Morgan fingerprint density at radius 3 is 2.55 bits per heavy atom. The van der Waals surface area contributed by atoms with E-state index in [9.17, 15) is 0 Å². The lowest BCUT2D eigenvalue weighted by Crippen LogP contribution is -2.25. The molecule has 0 fully saturated rings. The van der Waals surface area contributed by atoms with Crippen LogP contribution in [0.1, 0.15) is 29.7 Å². The van der Waals surface area contributed by atoms with Gasteiger partial charge in [0.05, 0.1) is 0 Å². The molecule has 0 aliphatic heterocycles. The zero-order valence-corrected chi connectivity index (χ0v) is 14.2. The first-order valence-corrected chi connectivity index (χ1v) is 8.51. The first-order chi connectivity index (χ1) is 9.60. The van der Waals surface area contributed by atoms with Crippen molar-refractivity contribution in [3.05, 3.63) is 64.1 Å². The molecular weight excluding hydrogens is 330 g/mol. The molecule has 0 saturated heterocycles. The summed E-state index contributed by atoms with van der Waals surface area (Å²) in [4.78, 5) is 1.25. The molecule has 2 unspecified atom stereocenters. The molecule has 0 radical (unpaired) electrons. The van der Waals surface area contributed by atoms with E-state index in [1.54, 1.807) is 0 Å². The van der Waals surface area contributed by atoms with Crippen LogP contribution in [0.5, 0.6) is 0 Å². The van der Waals surface area contributed by atoms with Gasteiger partial charge in [0.25, 0.3) is 0 Å². The highest BCUT2D eigenvalue weighted by Crippen LogP contribution is 2.39. The minimum atomic E-state index is 0.154. The fourth-order valence-corrected chi connectivity index (χ4v) is 4.00. The minimum Gasteiger partial charge on any atom is -0.326 e. The lowest BCUT2D eigenvalue weighted by molar-refractivity contribution is 0.634. The van der Waals surface area contributed by atoms with Crippen molar-refractivity contribution < 1.29 is 0 Å². The van der Waals surface area contributed by atoms with E-state index in [0.29, 0.717) is 0 Å². The van der Waals surface area contributed by atoms with Gasteiger partial charge in [0.15, 0.2) is 0 Å². The third-order valence-electron chi connectivity index (χ3n) is 3.29. The molecule has 0 aromatic heterocycles. The minimum absolute atomic E-state index is 0.154. The van der Waals surface area contributed by atoms with Gasteiger partial charge in [0.1, 0.15) is 0 Å². The summed E-state index contributed by atoms with van der Waals surface area (Å²) in [7, 11) is 0. The Labute approximate surface area is 134 Å². The number of hydrogen-bond donors (Lipinski definition) is 1. The third kappa shape index (κ3) is 4.11. The van der Waals surface area contributed by atoms with Gasteiger partial charge in [0.2, 0.25) is 0 Å². The third-order valence-corrected chi connectivity index (χ3v) is 5.19. The van der Waals surface area contributed by atoms with Gasteiger partial charge in [-0.15, -0.1) is 11.8 Å². The van der Waals surface area contributed by atoms with Gasteiger partial charge in [-0.05, 0) is 37.1 Å². The summed E-state index contributed by atoms with van der Waals surface area (Å²) in [6, 6.07) is 17.2. The summed E-state index contributed by atoms with van der Waals surface area (Å²) in [6.45, 7) is 4.27. The second kappa shape index (κ2) is 7.30. The van der Waals surface area contributed by atoms with Crippen LogP contribution >= 0.6 is 27.7 Å². The van der Waals surface area contributed by atoms with Gasteiger partial charge in [0, 0.05) is 20.7 Å². The summed E-state index contributed by atoms with van der Waals surface area (Å²) in [5.74, 6) is 0. The molecule has 0 amide bonds. The Morgan fingerprint density at radius 1 is 1.15 bits per heavy atom. The second-order valence-corrected chi connectivity index (χ2v) is 7.11. The predicted molar refractivity (Wildman–Crippen MR) is 92.2 cm³/mol. The van der Waals surface area contributed by atoms with Crippen LogP contribution in [0.25, 0.3) is 0 Å². The molecule has 20 heavy (non-hydrogen) atoms. The molecule has 0 bridgehead atoms. The second-order valence-electron chi connectivity index (χ2n) is 4.98. The highest BCUT2D eigenvalue weighted by atomic mass is 79.9. The Hall–Kier alpha value is -0.770. The van der Waals surface area contributed by atoms with E-state index in [2.05, 4.69) is 72.2 Å². The van der Waals surface area contributed by atoms with E-state index in [1.165, 1.54) is 16.0 Å². The molecule has 0 aliphatic rings. The zero-order valence-electron chi connectivity index (χ0n) is 11.8. The quantitative estimate of drug-likeness (QED) is 0.738. The molecule has 2 N–H and O–H groups in total. The van der Waals surface area contributed by atoms with E-state index >= 15 is 0 Å². The van der Waals surface area contributed by atoms with Crippen LogP contribution < -0.4 is 5.73 Å². The van der Waals surface area contributed by atoms with Gasteiger partial charge in [-0.3, -0.25) is 0 Å². The molecule has 0 heterocycles. The Kier molecular flexibility index (Phi) is 5.70. The molecule has 3 heteroatoms. The van der Waals surface area contributed by atoms with Crippen LogP contribution in [0.4, 0.5) is 0 Å². The maximum atomic E-state index is 6.35. The van der Waals surface area contributed by atoms with Crippen molar-refractivity contribution in [2.24, 2.45) is 5.73 Å². The number of thioether (sulfide) groups is 1. The molecule has 0 spiro atoms. The highest BCUT2D eigenvalue weighted by Gasteiger charge is 2.20. The number of hydrogen-bond acceptors (Lipinski definition) is 2. The molecular formula is C17H20BrNS. The Balaban J connectivity index is 2.29. The molecule has 1 nitrogen and oxygen atoms in total. The Bertz CT molecular complexity index is 570. The van der Waals surface area contributed by atoms with Crippen molar-refractivity contribution in [2.45, 2.75) is 36.5 Å². The van der Waals surface area contributed by atoms with Crippen molar-refractivity contribution in [2.75, 3.05) is 0 Å². The maximum absolute atomic E-state index is 6.35. The normalized spacial score (nSPS) is 14.0. The summed E-state index contributed by atoms with van der Waals surface area (Å²) >= 11 is 5.37. The first-order valence-electron chi connectivity index (χ1n) is 6.84. The van der Waals surface area contributed by atoms with Crippen LogP contribution in [0, 0.1) is 6.92 Å². The van der Waals surface area contributed by atoms with E-state index in [0.717, 1.165) is 10.9 Å². The maximum Gasteiger partial charge on any atom is 0.0495 e. The lowest BCUT2D eigenvalue weighted by Gasteiger charge is -2.23. The standard InChI is InChI=1S/C17H20BrNS/c1-3-16(19)17(13-7-4-6-12(2)10-13)20-15-9-5-8-14(18)11-15/h4-11,16-17H,3,19H2,1-2H3. The smallest absolute Gasteiger partial charge is 0.0495 e. The molecule has 106 valence electrons. The highest BCUT2D eigenvalue weighted by molar-refractivity contribution is 9.10. The number of benzene rings is 2. The number of aryl methyl sites for hydroxylation is 1. The monoisotopic (exact) mass is 349 g/mol. The van der Waals surface area contributed by atoms with Crippen molar-refractivity contribution >= 4 is 27.7 Å². The lowest BCUT2D eigenvalue weighted by atomic mass is 10.0. The van der Waals surface area contributed by atoms with Crippen LogP contribution in [0.2, 0.25) is 0 Å². The molecule has 2 aromatic carbocycles. The zero-order chi connectivity index (χ0) is 14.5. The average Bonchev–Trinajstić information content (AvgIpc) is 2.44. The van der Waals surface area contributed by atoms with Crippen molar-refractivity contribution in [1.29, 1.82) is 0 Å². The fraction of sp³-hybridized carbons (Fsp3) is 0.294. The van der Waals surface area contributed by atoms with Crippen molar-refractivity contribution in [1.82, 2.24) is 0 Å². The van der Waals surface area contributed by atoms with Crippen LogP contribution in [-0.2, 0) is 0 Å². The van der Waals surface area contributed by atoms with Gasteiger partial charge in [-0.25, -0.2) is 0 Å². The van der Waals surface area contributed by atoms with Crippen LogP contribution in [-0.4, -0.2) is 6.04 Å². The predicted octanol–water partition coefficient (Wildman–Crippen LogP) is 5.33. The van der Waals surface area contributed by atoms with Crippen LogP contribution in [0.15, 0.2) is 57.9 Å². The number of nitrogens with two attached hydrogens (primary N) is 1. The van der Waals surface area contributed by atoms with Gasteiger partial charge < -0.3 is 5.73 Å². The van der Waals surface area contributed by atoms with E-state index in [1.807, 2.05) is 17.8 Å². The summed E-state index contributed by atoms with van der Waals surface area (Å²) in [5.41, 5.74) is 8.95. The largest absolute Gasteiger partial charge is 0.326 e. The molecule has 2 atom stereocenters. The van der Waals surface area contributed by atoms with Crippen LogP contribution in [0.3, 0.4) is 0 Å². The Morgan fingerprint density at radius 2 is 1.90 bits per heavy atom. The molecule has 2 aromatic rings. The first kappa shape index (κ1) is 15.6. The van der Waals surface area contributed by atoms with Crippen molar-refractivity contribution in [3.8, 4) is 0 Å². The SMILES string of the molecule is CCC(N)C(Sc1cccc(Br)c1)c1cccc(C)c1. The van der Waals surface area contributed by atoms with Crippen molar-refractivity contribution in [3.63, 3.8) is 0 Å². The summed E-state index contributed by atoms with van der Waals surface area (Å²) < 4.78 is 1.11. The molecule has 0 aliphatic carbocycles. The number of halogens is 1. The van der Waals surface area contributed by atoms with Gasteiger partial charge >= 0.3 is 0 Å². The molecule has 0 saturated carbocycles. The van der Waals surface area contributed by atoms with Gasteiger partial charge in [-0.2, -0.15) is 0 Å². The summed E-state index contributed by atoms with van der Waals surface area (Å²) in [5, 5.41) is 0.286. The number of rotatable bonds is 5. The fourth-order valence-electron chi connectivity index (χ4n) is 2.15. The van der Waals surface area contributed by atoms with E-state index in [-0.39, 0.29) is 11.3 Å². The van der Waals surface area contributed by atoms with E-state index in [4.69, 9.17) is 5.73 Å². The van der Waals surface area contributed by atoms with E-state index < -0.39 is 0 Å². The summed E-state index contributed by atoms with van der Waals surface area (Å²) in [6.07, 6.45) is 0.972. The topological polar surface area (TPSA) is 26.0 Å². The average molecular weight is 350 g/mol. The van der Waals surface area contributed by atoms with Gasteiger partial charge in [-0.1, -0.05) is 58.7 Å².